The minimum atomic E-state index is -0.394. The molecule has 74 valence electrons. The molecule has 2 N–H and O–H groups in total. The zero-order valence-corrected chi connectivity index (χ0v) is 8.89. The van der Waals surface area contributed by atoms with Crippen LogP contribution < -0.4 is 5.73 Å². The summed E-state index contributed by atoms with van der Waals surface area (Å²) in [6, 6.07) is 0. The van der Waals surface area contributed by atoms with Crippen molar-refractivity contribution in [3.05, 3.63) is 0 Å². The van der Waals surface area contributed by atoms with Crippen molar-refractivity contribution in [2.24, 2.45) is 5.73 Å². The van der Waals surface area contributed by atoms with Crippen molar-refractivity contribution >= 4 is 0 Å². The zero-order chi connectivity index (χ0) is 9.61. The second kappa shape index (κ2) is 5.55. The SMILES string of the molecule is CCCC(C)OC(N)(CC)CC. The van der Waals surface area contributed by atoms with Gasteiger partial charge >= 0.3 is 0 Å². The first-order valence-electron chi connectivity index (χ1n) is 5.04. The second-order valence-electron chi connectivity index (χ2n) is 3.49. The lowest BCUT2D eigenvalue weighted by Gasteiger charge is -2.30. The van der Waals surface area contributed by atoms with Gasteiger partial charge in [0.05, 0.1) is 6.10 Å². The van der Waals surface area contributed by atoms with Crippen molar-refractivity contribution in [3.8, 4) is 0 Å². The van der Waals surface area contributed by atoms with Crippen LogP contribution >= 0.6 is 0 Å². The molecule has 0 spiro atoms. The summed E-state index contributed by atoms with van der Waals surface area (Å²) < 4.78 is 5.75. The molecule has 1 unspecified atom stereocenters. The minimum absolute atomic E-state index is 0.292. The molecule has 12 heavy (non-hydrogen) atoms. The Morgan fingerprint density at radius 3 is 2.08 bits per heavy atom. The predicted molar refractivity (Wildman–Crippen MR) is 53.0 cm³/mol. The Balaban J connectivity index is 3.84. The Bertz CT molecular complexity index is 110. The number of ether oxygens (including phenoxy) is 1. The maximum Gasteiger partial charge on any atom is 0.116 e. The van der Waals surface area contributed by atoms with E-state index in [1.165, 1.54) is 0 Å². The van der Waals surface area contributed by atoms with Crippen molar-refractivity contribution < 1.29 is 4.74 Å². The summed E-state index contributed by atoms with van der Waals surface area (Å²) in [6.07, 6.45) is 4.32. The largest absolute Gasteiger partial charge is 0.358 e. The van der Waals surface area contributed by atoms with Gasteiger partial charge in [0.1, 0.15) is 5.72 Å². The molecule has 0 fully saturated rings. The van der Waals surface area contributed by atoms with E-state index in [4.69, 9.17) is 10.5 Å². The Hall–Kier alpha value is -0.0800. The lowest BCUT2D eigenvalue weighted by Crippen LogP contribution is -2.43. The van der Waals surface area contributed by atoms with Gasteiger partial charge in [0.25, 0.3) is 0 Å². The summed E-state index contributed by atoms with van der Waals surface area (Å²) in [7, 11) is 0. The van der Waals surface area contributed by atoms with E-state index in [1.807, 2.05) is 0 Å². The maximum atomic E-state index is 6.01. The van der Waals surface area contributed by atoms with Gasteiger partial charge in [-0.15, -0.1) is 0 Å². The van der Waals surface area contributed by atoms with Gasteiger partial charge in [-0.1, -0.05) is 27.2 Å². The molecule has 0 aliphatic heterocycles. The molecule has 0 aromatic carbocycles. The predicted octanol–water partition coefficient (Wildman–Crippen LogP) is 2.67. The van der Waals surface area contributed by atoms with E-state index in [-0.39, 0.29) is 0 Å². The van der Waals surface area contributed by atoms with Gasteiger partial charge in [-0.3, -0.25) is 0 Å². The van der Waals surface area contributed by atoms with E-state index in [2.05, 4.69) is 27.7 Å². The molecule has 0 aliphatic rings. The highest BCUT2D eigenvalue weighted by Crippen LogP contribution is 2.17. The molecule has 2 nitrogen and oxygen atoms in total. The monoisotopic (exact) mass is 173 g/mol. The third kappa shape index (κ3) is 4.07. The molecule has 0 aromatic heterocycles. The molecule has 1 atom stereocenters. The Morgan fingerprint density at radius 2 is 1.75 bits per heavy atom. The molecule has 0 rings (SSSR count). The molecule has 0 aromatic rings. The van der Waals surface area contributed by atoms with Crippen LogP contribution in [0.3, 0.4) is 0 Å². The quantitative estimate of drug-likeness (QED) is 0.627. The fourth-order valence-electron chi connectivity index (χ4n) is 1.28. The Morgan fingerprint density at radius 1 is 1.25 bits per heavy atom. The molecule has 0 amide bonds. The average Bonchev–Trinajstić information content (AvgIpc) is 2.05. The zero-order valence-electron chi connectivity index (χ0n) is 8.89. The Labute approximate surface area is 76.5 Å². The number of hydrogen-bond donors (Lipinski definition) is 1. The molecule has 0 aliphatic carbocycles. The summed E-state index contributed by atoms with van der Waals surface area (Å²) in [5.41, 5.74) is 5.61. The number of rotatable bonds is 6. The van der Waals surface area contributed by atoms with Crippen molar-refractivity contribution in [2.45, 2.75) is 65.2 Å². The molecule has 0 heterocycles. The fraction of sp³-hybridized carbons (Fsp3) is 1.00. The standard InChI is InChI=1S/C10H23NO/c1-5-8-9(4)12-10(11,6-2)7-3/h9H,5-8,11H2,1-4H3. The highest BCUT2D eigenvalue weighted by Gasteiger charge is 2.22. The number of nitrogens with two attached hydrogens (primary N) is 1. The van der Waals surface area contributed by atoms with Gasteiger partial charge in [-0.05, 0) is 26.2 Å². The van der Waals surface area contributed by atoms with E-state index in [0.717, 1.165) is 25.7 Å². The minimum Gasteiger partial charge on any atom is -0.358 e. The van der Waals surface area contributed by atoms with Crippen LogP contribution in [0.2, 0.25) is 0 Å². The van der Waals surface area contributed by atoms with Crippen molar-refractivity contribution in [1.82, 2.24) is 0 Å². The highest BCUT2D eigenvalue weighted by atomic mass is 16.5. The van der Waals surface area contributed by atoms with Gasteiger partial charge < -0.3 is 10.5 Å². The van der Waals surface area contributed by atoms with E-state index in [0.29, 0.717) is 6.10 Å². The van der Waals surface area contributed by atoms with Crippen molar-refractivity contribution in [2.75, 3.05) is 0 Å². The third-order valence-electron chi connectivity index (χ3n) is 2.33. The van der Waals surface area contributed by atoms with Gasteiger partial charge in [0.15, 0.2) is 0 Å². The topological polar surface area (TPSA) is 35.2 Å². The van der Waals surface area contributed by atoms with E-state index in [1.54, 1.807) is 0 Å². The van der Waals surface area contributed by atoms with Gasteiger partial charge in [-0.2, -0.15) is 0 Å². The summed E-state index contributed by atoms with van der Waals surface area (Å²) in [5.74, 6) is 0. The van der Waals surface area contributed by atoms with Gasteiger partial charge in [-0.25, -0.2) is 0 Å². The van der Waals surface area contributed by atoms with Crippen LogP contribution in [0.25, 0.3) is 0 Å². The first-order valence-corrected chi connectivity index (χ1v) is 5.04. The van der Waals surface area contributed by atoms with Crippen molar-refractivity contribution in [3.63, 3.8) is 0 Å². The molecule has 0 radical (unpaired) electrons. The normalized spacial score (nSPS) is 14.8. The average molecular weight is 173 g/mol. The van der Waals surface area contributed by atoms with Gasteiger partial charge in [0.2, 0.25) is 0 Å². The second-order valence-corrected chi connectivity index (χ2v) is 3.49. The van der Waals surface area contributed by atoms with Crippen LogP contribution in [0.15, 0.2) is 0 Å². The summed E-state index contributed by atoms with van der Waals surface area (Å²) in [5, 5.41) is 0. The third-order valence-corrected chi connectivity index (χ3v) is 2.33. The van der Waals surface area contributed by atoms with E-state index in [9.17, 15) is 0 Å². The summed E-state index contributed by atoms with van der Waals surface area (Å²) >= 11 is 0. The molecular weight excluding hydrogens is 150 g/mol. The number of hydrogen-bond acceptors (Lipinski definition) is 2. The van der Waals surface area contributed by atoms with E-state index < -0.39 is 5.72 Å². The molecule has 2 heteroatoms. The van der Waals surface area contributed by atoms with Crippen molar-refractivity contribution in [1.29, 1.82) is 0 Å². The summed E-state index contributed by atoms with van der Waals surface area (Å²) in [4.78, 5) is 0. The van der Waals surface area contributed by atoms with Crippen LogP contribution in [-0.2, 0) is 4.74 Å². The van der Waals surface area contributed by atoms with Crippen LogP contribution in [0.5, 0.6) is 0 Å². The molecule has 0 saturated carbocycles. The lowest BCUT2D eigenvalue weighted by atomic mass is 10.1. The lowest BCUT2D eigenvalue weighted by molar-refractivity contribution is -0.0907. The van der Waals surface area contributed by atoms with Crippen LogP contribution in [0.1, 0.15) is 53.4 Å². The van der Waals surface area contributed by atoms with E-state index >= 15 is 0 Å². The first kappa shape index (κ1) is 11.9. The van der Waals surface area contributed by atoms with Crippen LogP contribution in [0.4, 0.5) is 0 Å². The Kier molecular flexibility index (Phi) is 5.51. The first-order chi connectivity index (χ1) is 5.58. The van der Waals surface area contributed by atoms with Crippen LogP contribution in [0, 0.1) is 0 Å². The smallest absolute Gasteiger partial charge is 0.116 e. The molecular formula is C10H23NO. The van der Waals surface area contributed by atoms with Gasteiger partial charge in [0, 0.05) is 0 Å². The highest BCUT2D eigenvalue weighted by molar-refractivity contribution is 4.70. The maximum absolute atomic E-state index is 6.01. The van der Waals surface area contributed by atoms with Crippen LogP contribution in [-0.4, -0.2) is 11.8 Å². The summed E-state index contributed by atoms with van der Waals surface area (Å²) in [6.45, 7) is 8.40. The molecule has 0 saturated heterocycles. The fourth-order valence-corrected chi connectivity index (χ4v) is 1.28. The molecule has 0 bridgehead atoms.